The summed E-state index contributed by atoms with van der Waals surface area (Å²) in [5, 5.41) is 0. The normalized spacial score (nSPS) is 15.3. The quantitative estimate of drug-likeness (QED) is 0.154. The van der Waals surface area contributed by atoms with Crippen LogP contribution >= 0.6 is 0 Å². The van der Waals surface area contributed by atoms with Crippen molar-refractivity contribution in [1.29, 1.82) is 0 Å². The number of benzene rings is 10. The van der Waals surface area contributed by atoms with Gasteiger partial charge in [0.05, 0.1) is 11.1 Å². The molecule has 0 heterocycles. The third-order valence-electron chi connectivity index (χ3n) is 15.1. The molecule has 3 aliphatic rings. The molecule has 0 saturated heterocycles. The summed E-state index contributed by atoms with van der Waals surface area (Å²) in [6.45, 7) is 8.93. The molecule has 1 heteroatoms. The lowest BCUT2D eigenvalue weighted by molar-refractivity contribution is 0.660. The van der Waals surface area contributed by atoms with E-state index in [9.17, 15) is 0 Å². The van der Waals surface area contributed by atoms with E-state index in [0.29, 0.717) is 0 Å². The van der Waals surface area contributed by atoms with Crippen molar-refractivity contribution >= 4 is 23.1 Å². The molecule has 3 aliphatic carbocycles. The molecule has 1 unspecified atom stereocenters. The van der Waals surface area contributed by atoms with Crippen LogP contribution in [0.3, 0.4) is 0 Å². The van der Waals surface area contributed by atoms with Crippen LogP contribution in [0.4, 0.5) is 17.1 Å². The maximum absolute atomic E-state index is 4.19. The third kappa shape index (κ3) is 5.68. The maximum atomic E-state index is 4.19. The minimum atomic E-state index is -0.518. The van der Waals surface area contributed by atoms with Crippen molar-refractivity contribution in [2.75, 3.05) is 4.90 Å². The molecule has 10 aromatic carbocycles. The van der Waals surface area contributed by atoms with Crippen molar-refractivity contribution in [2.45, 2.75) is 24.7 Å². The molecule has 10 aromatic rings. The fourth-order valence-corrected chi connectivity index (χ4v) is 12.0. The van der Waals surface area contributed by atoms with Gasteiger partial charge in [0, 0.05) is 22.4 Å². The van der Waals surface area contributed by atoms with Gasteiger partial charge in [-0.1, -0.05) is 215 Å². The number of para-hydroxylation sites is 1. The van der Waals surface area contributed by atoms with Crippen LogP contribution in [0.1, 0.15) is 52.8 Å². The molecule has 0 aromatic heterocycles. The van der Waals surface area contributed by atoms with E-state index in [1.54, 1.807) is 0 Å². The Morgan fingerprint density at radius 2 is 0.761 bits per heavy atom. The first-order valence-corrected chi connectivity index (χ1v) is 23.5. The van der Waals surface area contributed by atoms with E-state index in [-0.39, 0.29) is 5.41 Å². The van der Waals surface area contributed by atoms with Crippen LogP contribution in [0, 0.1) is 0 Å². The summed E-state index contributed by atoms with van der Waals surface area (Å²) in [6.07, 6.45) is 1.97. The molecule has 0 amide bonds. The first-order valence-electron chi connectivity index (χ1n) is 23.5. The molecule has 67 heavy (non-hydrogen) atoms. The van der Waals surface area contributed by atoms with Crippen LogP contribution in [0.15, 0.2) is 237 Å². The van der Waals surface area contributed by atoms with Crippen LogP contribution in [0.2, 0.25) is 0 Å². The number of nitrogens with zero attached hydrogens (tertiary/aromatic N) is 1. The van der Waals surface area contributed by atoms with Crippen molar-refractivity contribution in [3.05, 3.63) is 276 Å². The Balaban J connectivity index is 1.03. The van der Waals surface area contributed by atoms with Gasteiger partial charge in [0.2, 0.25) is 0 Å². The lowest BCUT2D eigenvalue weighted by Crippen LogP contribution is -2.26. The van der Waals surface area contributed by atoms with Gasteiger partial charge in [-0.2, -0.15) is 0 Å². The predicted octanol–water partition coefficient (Wildman–Crippen LogP) is 17.5. The molecule has 13 rings (SSSR count). The number of hydrogen-bond acceptors (Lipinski definition) is 1. The lowest BCUT2D eigenvalue weighted by atomic mass is 9.70. The SMILES string of the molecule is C=Cc1ccccc1-c1ccc2c(c1)C1(c3ccccc3-2)c2ccccc2-c2ccc(-c3ccccc3N(c3ccc(-c4ccccc4)cc3)c3ccc4c(c3)C(C)(C)c3ccccc3-4)cc21. The fraction of sp³-hybridized carbons (Fsp3) is 0.0606. The second kappa shape index (κ2) is 14.9. The van der Waals surface area contributed by atoms with E-state index in [4.69, 9.17) is 0 Å². The summed E-state index contributed by atoms with van der Waals surface area (Å²) in [6, 6.07) is 86.0. The second-order valence-corrected chi connectivity index (χ2v) is 18.8. The first kappa shape index (κ1) is 39.1. The standard InChI is InChI=1S/C66H47N/c1-4-43-18-8-9-21-50(43)46-32-37-56-53-24-11-15-27-59(53)66(62(56)40-46)60-28-16-12-25-54(60)57-38-33-47(41-63(57)66)51-22-13-17-29-64(51)67(48-34-30-45(31-35-48)44-19-6-5-7-20-44)49-36-39-55-52-23-10-14-26-58(52)65(2,3)61(55)42-49/h4-42H,1H2,2-3H3. The number of hydrogen-bond donors (Lipinski definition) is 0. The summed E-state index contributed by atoms with van der Waals surface area (Å²) in [7, 11) is 0. The fourth-order valence-electron chi connectivity index (χ4n) is 12.0. The van der Waals surface area contributed by atoms with Crippen molar-refractivity contribution in [2.24, 2.45) is 0 Å². The summed E-state index contributed by atoms with van der Waals surface area (Å²) in [5.74, 6) is 0. The molecule has 0 radical (unpaired) electrons. The van der Waals surface area contributed by atoms with E-state index in [0.717, 1.165) is 22.6 Å². The van der Waals surface area contributed by atoms with Crippen molar-refractivity contribution < 1.29 is 0 Å². The maximum Gasteiger partial charge on any atom is 0.0725 e. The van der Waals surface area contributed by atoms with Gasteiger partial charge in [0.25, 0.3) is 0 Å². The summed E-state index contributed by atoms with van der Waals surface area (Å²) >= 11 is 0. The van der Waals surface area contributed by atoms with E-state index in [2.05, 4.69) is 256 Å². The second-order valence-electron chi connectivity index (χ2n) is 18.8. The number of rotatable bonds is 7. The Hall–Kier alpha value is -8.26. The Kier molecular flexibility index (Phi) is 8.70. The Bertz CT molecular complexity index is 3620. The molecule has 0 bridgehead atoms. The molecule has 0 aliphatic heterocycles. The molecule has 1 spiro atoms. The zero-order valence-corrected chi connectivity index (χ0v) is 37.7. The van der Waals surface area contributed by atoms with Crippen LogP contribution in [0.5, 0.6) is 0 Å². The highest BCUT2D eigenvalue weighted by molar-refractivity contribution is 5.98. The largest absolute Gasteiger partial charge is 0.310 e. The molecular weight excluding hydrogens is 807 g/mol. The van der Waals surface area contributed by atoms with E-state index >= 15 is 0 Å². The van der Waals surface area contributed by atoms with Gasteiger partial charge in [-0.25, -0.2) is 0 Å². The first-order chi connectivity index (χ1) is 32.9. The minimum absolute atomic E-state index is 0.144. The Morgan fingerprint density at radius 3 is 1.40 bits per heavy atom. The monoisotopic (exact) mass is 853 g/mol. The van der Waals surface area contributed by atoms with E-state index < -0.39 is 5.41 Å². The van der Waals surface area contributed by atoms with E-state index in [1.165, 1.54) is 100 Å². The van der Waals surface area contributed by atoms with Gasteiger partial charge < -0.3 is 4.90 Å². The average molecular weight is 854 g/mol. The van der Waals surface area contributed by atoms with Crippen LogP contribution in [-0.2, 0) is 10.8 Å². The van der Waals surface area contributed by atoms with Gasteiger partial charge in [0.1, 0.15) is 0 Å². The Labute approximate surface area is 393 Å². The topological polar surface area (TPSA) is 3.24 Å². The summed E-state index contributed by atoms with van der Waals surface area (Å²) in [4.78, 5) is 2.48. The van der Waals surface area contributed by atoms with Gasteiger partial charge in [0.15, 0.2) is 0 Å². The zero-order chi connectivity index (χ0) is 44.9. The third-order valence-corrected chi connectivity index (χ3v) is 15.1. The summed E-state index contributed by atoms with van der Waals surface area (Å²) in [5.41, 5.74) is 26.8. The highest BCUT2D eigenvalue weighted by Crippen LogP contribution is 2.64. The van der Waals surface area contributed by atoms with Gasteiger partial charge >= 0.3 is 0 Å². The average Bonchev–Trinajstić information content (AvgIpc) is 3.94. The smallest absolute Gasteiger partial charge is 0.0725 e. The van der Waals surface area contributed by atoms with Gasteiger partial charge in [-0.3, -0.25) is 0 Å². The molecule has 0 N–H and O–H groups in total. The lowest BCUT2D eigenvalue weighted by Gasteiger charge is -2.32. The summed E-state index contributed by atoms with van der Waals surface area (Å²) < 4.78 is 0. The van der Waals surface area contributed by atoms with Gasteiger partial charge in [-0.15, -0.1) is 0 Å². The molecule has 0 saturated carbocycles. The highest BCUT2D eigenvalue weighted by Gasteiger charge is 2.52. The number of anilines is 3. The highest BCUT2D eigenvalue weighted by atomic mass is 15.1. The molecular formula is C66H47N. The van der Waals surface area contributed by atoms with Crippen molar-refractivity contribution in [3.8, 4) is 66.8 Å². The van der Waals surface area contributed by atoms with Gasteiger partial charge in [-0.05, 0) is 143 Å². The molecule has 316 valence electrons. The van der Waals surface area contributed by atoms with Crippen LogP contribution in [-0.4, -0.2) is 0 Å². The van der Waals surface area contributed by atoms with Crippen molar-refractivity contribution in [3.63, 3.8) is 0 Å². The van der Waals surface area contributed by atoms with E-state index in [1.807, 2.05) is 6.08 Å². The zero-order valence-electron chi connectivity index (χ0n) is 37.7. The van der Waals surface area contributed by atoms with Crippen LogP contribution in [0.25, 0.3) is 72.8 Å². The molecule has 0 fully saturated rings. The minimum Gasteiger partial charge on any atom is -0.310 e. The predicted molar refractivity (Wildman–Crippen MR) is 281 cm³/mol. The molecule has 1 nitrogen and oxygen atoms in total. The van der Waals surface area contributed by atoms with Crippen LogP contribution < -0.4 is 4.90 Å². The van der Waals surface area contributed by atoms with Crippen molar-refractivity contribution in [1.82, 2.24) is 0 Å². The Morgan fingerprint density at radius 1 is 0.328 bits per heavy atom. The molecule has 1 atom stereocenters. The number of fused-ring (bicyclic) bond motifs is 13.